The number of aromatic nitrogens is 4. The summed E-state index contributed by atoms with van der Waals surface area (Å²) in [7, 11) is 1.81. The van der Waals surface area contributed by atoms with Crippen LogP contribution in [0.25, 0.3) is 0 Å². The van der Waals surface area contributed by atoms with Gasteiger partial charge in [-0.3, -0.25) is 19.0 Å². The van der Waals surface area contributed by atoms with E-state index in [1.807, 2.05) is 13.2 Å². The number of hydrogen-bond donors (Lipinski definition) is 1. The number of nitrogens with zero attached hydrogens (tertiary/aromatic N) is 3. The SMILES string of the molecule is Cc1c(Cl)[nH]c(=O)n(CCc2cnn(C)c2)c1=O. The van der Waals surface area contributed by atoms with Crippen molar-refractivity contribution < 1.29 is 0 Å². The summed E-state index contributed by atoms with van der Waals surface area (Å²) in [6, 6.07) is 0. The molecular weight excluding hydrogens is 256 g/mol. The van der Waals surface area contributed by atoms with Crippen LogP contribution in [0.2, 0.25) is 5.15 Å². The molecule has 0 aliphatic rings. The number of aryl methyl sites for hydroxylation is 2. The predicted molar refractivity (Wildman–Crippen MR) is 68.0 cm³/mol. The minimum absolute atomic E-state index is 0.0997. The first-order valence-corrected chi connectivity index (χ1v) is 5.83. The first kappa shape index (κ1) is 12.6. The van der Waals surface area contributed by atoms with E-state index in [1.54, 1.807) is 17.8 Å². The lowest BCUT2D eigenvalue weighted by Crippen LogP contribution is -2.37. The van der Waals surface area contributed by atoms with Crippen LogP contribution in [0.1, 0.15) is 11.1 Å². The van der Waals surface area contributed by atoms with Crippen molar-refractivity contribution in [3.8, 4) is 0 Å². The maximum absolute atomic E-state index is 11.9. The van der Waals surface area contributed by atoms with E-state index in [1.165, 1.54) is 0 Å². The van der Waals surface area contributed by atoms with E-state index >= 15 is 0 Å². The van der Waals surface area contributed by atoms with Crippen LogP contribution < -0.4 is 11.2 Å². The van der Waals surface area contributed by atoms with E-state index in [-0.39, 0.29) is 10.7 Å². The van der Waals surface area contributed by atoms with Crippen molar-refractivity contribution in [2.24, 2.45) is 7.05 Å². The van der Waals surface area contributed by atoms with Gasteiger partial charge in [0.15, 0.2) is 0 Å². The molecule has 7 heteroatoms. The molecular formula is C11H13ClN4O2. The van der Waals surface area contributed by atoms with E-state index in [0.29, 0.717) is 18.5 Å². The van der Waals surface area contributed by atoms with Crippen LogP contribution in [0, 0.1) is 6.92 Å². The summed E-state index contributed by atoms with van der Waals surface area (Å²) in [5, 5.41) is 4.13. The lowest BCUT2D eigenvalue weighted by atomic mass is 10.2. The molecule has 0 bridgehead atoms. The molecule has 0 saturated carbocycles. The molecule has 0 fully saturated rings. The van der Waals surface area contributed by atoms with Gasteiger partial charge in [0.05, 0.1) is 6.20 Å². The highest BCUT2D eigenvalue weighted by Gasteiger charge is 2.09. The third kappa shape index (κ3) is 2.38. The fourth-order valence-electron chi connectivity index (χ4n) is 1.69. The standard InChI is InChI=1S/C11H13ClN4O2/c1-7-9(12)14-11(18)16(10(7)17)4-3-8-5-13-15(2)6-8/h5-6H,3-4H2,1-2H3,(H,14,18). The molecule has 2 aromatic heterocycles. The summed E-state index contributed by atoms with van der Waals surface area (Å²) in [6.07, 6.45) is 4.13. The Bertz CT molecular complexity index is 683. The molecule has 0 unspecified atom stereocenters. The van der Waals surface area contributed by atoms with E-state index in [0.717, 1.165) is 10.1 Å². The summed E-state index contributed by atoms with van der Waals surface area (Å²) in [5.74, 6) is 0. The molecule has 0 radical (unpaired) electrons. The number of hydrogen-bond acceptors (Lipinski definition) is 3. The Balaban J connectivity index is 2.28. The summed E-state index contributed by atoms with van der Waals surface area (Å²) in [5.41, 5.74) is 0.478. The fourth-order valence-corrected chi connectivity index (χ4v) is 1.85. The second-order valence-corrected chi connectivity index (χ2v) is 4.48. The van der Waals surface area contributed by atoms with Gasteiger partial charge in [0, 0.05) is 25.4 Å². The van der Waals surface area contributed by atoms with E-state index in [4.69, 9.17) is 11.6 Å². The van der Waals surface area contributed by atoms with E-state index in [9.17, 15) is 9.59 Å². The van der Waals surface area contributed by atoms with Crippen molar-refractivity contribution >= 4 is 11.6 Å². The van der Waals surface area contributed by atoms with Crippen molar-refractivity contribution in [2.75, 3.05) is 0 Å². The molecule has 0 atom stereocenters. The van der Waals surface area contributed by atoms with Crippen LogP contribution >= 0.6 is 11.6 Å². The number of aromatic amines is 1. The normalized spacial score (nSPS) is 10.8. The second kappa shape index (κ2) is 4.81. The fraction of sp³-hybridized carbons (Fsp3) is 0.364. The molecule has 2 aromatic rings. The molecule has 2 rings (SSSR count). The van der Waals surface area contributed by atoms with Crippen molar-refractivity contribution in [3.05, 3.63) is 49.5 Å². The first-order valence-electron chi connectivity index (χ1n) is 5.46. The van der Waals surface area contributed by atoms with Gasteiger partial charge in [0.25, 0.3) is 5.56 Å². The molecule has 1 N–H and O–H groups in total. The first-order chi connectivity index (χ1) is 8.49. The largest absolute Gasteiger partial charge is 0.329 e. The predicted octanol–water partition coefficient (Wildman–Crippen LogP) is 0.475. The maximum Gasteiger partial charge on any atom is 0.329 e. The number of H-pyrrole nitrogens is 1. The highest BCUT2D eigenvalue weighted by molar-refractivity contribution is 6.30. The topological polar surface area (TPSA) is 72.7 Å². The van der Waals surface area contributed by atoms with E-state index < -0.39 is 5.69 Å². The molecule has 18 heavy (non-hydrogen) atoms. The van der Waals surface area contributed by atoms with Crippen molar-refractivity contribution in [1.29, 1.82) is 0 Å². The number of halogens is 1. The number of nitrogens with one attached hydrogen (secondary N) is 1. The van der Waals surface area contributed by atoms with Gasteiger partial charge < -0.3 is 0 Å². The zero-order valence-corrected chi connectivity index (χ0v) is 10.9. The van der Waals surface area contributed by atoms with Crippen molar-refractivity contribution in [1.82, 2.24) is 19.3 Å². The van der Waals surface area contributed by atoms with Crippen LogP contribution in [-0.2, 0) is 20.0 Å². The molecule has 0 amide bonds. The Morgan fingerprint density at radius 1 is 1.44 bits per heavy atom. The maximum atomic E-state index is 11.9. The molecule has 6 nitrogen and oxygen atoms in total. The van der Waals surface area contributed by atoms with Crippen LogP contribution in [-0.4, -0.2) is 19.3 Å². The van der Waals surface area contributed by atoms with Gasteiger partial charge in [0.1, 0.15) is 5.15 Å². The highest BCUT2D eigenvalue weighted by atomic mass is 35.5. The van der Waals surface area contributed by atoms with Gasteiger partial charge in [-0.1, -0.05) is 11.6 Å². The Labute approximate surface area is 108 Å². The molecule has 2 heterocycles. The molecule has 0 aliphatic carbocycles. The molecule has 0 aromatic carbocycles. The van der Waals surface area contributed by atoms with Crippen LogP contribution in [0.4, 0.5) is 0 Å². The second-order valence-electron chi connectivity index (χ2n) is 4.10. The van der Waals surface area contributed by atoms with Gasteiger partial charge in [-0.2, -0.15) is 5.10 Å². The van der Waals surface area contributed by atoms with Gasteiger partial charge >= 0.3 is 5.69 Å². The van der Waals surface area contributed by atoms with Crippen molar-refractivity contribution in [2.45, 2.75) is 19.9 Å². The van der Waals surface area contributed by atoms with Gasteiger partial charge in [0.2, 0.25) is 0 Å². The van der Waals surface area contributed by atoms with E-state index in [2.05, 4.69) is 10.1 Å². The Morgan fingerprint density at radius 2 is 2.17 bits per heavy atom. The van der Waals surface area contributed by atoms with Gasteiger partial charge in [-0.25, -0.2) is 4.79 Å². The number of rotatable bonds is 3. The average molecular weight is 269 g/mol. The van der Waals surface area contributed by atoms with Crippen LogP contribution in [0.15, 0.2) is 22.0 Å². The Hall–Kier alpha value is -1.82. The monoisotopic (exact) mass is 268 g/mol. The average Bonchev–Trinajstić information content (AvgIpc) is 2.72. The molecule has 0 spiro atoms. The molecule has 96 valence electrons. The van der Waals surface area contributed by atoms with Crippen LogP contribution in [0.3, 0.4) is 0 Å². The zero-order chi connectivity index (χ0) is 13.3. The minimum Gasteiger partial charge on any atom is -0.297 e. The highest BCUT2D eigenvalue weighted by Crippen LogP contribution is 2.03. The zero-order valence-electron chi connectivity index (χ0n) is 10.1. The summed E-state index contributed by atoms with van der Waals surface area (Å²) in [4.78, 5) is 26.0. The quantitative estimate of drug-likeness (QED) is 0.823. The lowest BCUT2D eigenvalue weighted by molar-refractivity contribution is 0.622. The minimum atomic E-state index is -0.487. The summed E-state index contributed by atoms with van der Waals surface area (Å²) < 4.78 is 2.82. The van der Waals surface area contributed by atoms with Crippen molar-refractivity contribution in [3.63, 3.8) is 0 Å². The summed E-state index contributed by atoms with van der Waals surface area (Å²) in [6.45, 7) is 1.89. The molecule has 0 saturated heterocycles. The third-order valence-corrected chi connectivity index (χ3v) is 3.12. The van der Waals surface area contributed by atoms with Crippen LogP contribution in [0.5, 0.6) is 0 Å². The smallest absolute Gasteiger partial charge is 0.297 e. The van der Waals surface area contributed by atoms with Gasteiger partial charge in [-0.05, 0) is 18.9 Å². The Morgan fingerprint density at radius 3 is 2.78 bits per heavy atom. The molecule has 0 aliphatic heterocycles. The Kier molecular flexibility index (Phi) is 3.38. The third-order valence-electron chi connectivity index (χ3n) is 2.74. The van der Waals surface area contributed by atoms with Gasteiger partial charge in [-0.15, -0.1) is 0 Å². The summed E-state index contributed by atoms with van der Waals surface area (Å²) >= 11 is 5.73. The lowest BCUT2D eigenvalue weighted by Gasteiger charge is -2.05.